The third kappa shape index (κ3) is 3.04. The fourth-order valence-corrected chi connectivity index (χ4v) is 2.03. The van der Waals surface area contributed by atoms with E-state index in [0.29, 0.717) is 13.0 Å². The summed E-state index contributed by atoms with van der Waals surface area (Å²) in [5.74, 6) is 0.729. The van der Waals surface area contributed by atoms with Gasteiger partial charge in [0.15, 0.2) is 0 Å². The Morgan fingerprint density at radius 3 is 2.53 bits per heavy atom. The minimum Gasteiger partial charge on any atom is -0.496 e. The molecule has 0 atom stereocenters. The molecule has 1 aromatic carbocycles. The molecule has 1 rings (SSSR count). The molecule has 0 spiro atoms. The predicted molar refractivity (Wildman–Crippen MR) is 61.2 cm³/mol. The minimum absolute atomic E-state index is 0.347. The van der Waals surface area contributed by atoms with Crippen molar-refractivity contribution in [3.63, 3.8) is 0 Å². The van der Waals surface area contributed by atoms with E-state index in [1.54, 1.807) is 14.2 Å². The van der Waals surface area contributed by atoms with Crippen molar-refractivity contribution in [2.24, 2.45) is 0 Å². The van der Waals surface area contributed by atoms with Crippen LogP contribution in [0.4, 0.5) is 0 Å². The van der Waals surface area contributed by atoms with Gasteiger partial charge in [-0.05, 0) is 12.1 Å². The molecule has 0 aromatic heterocycles. The zero-order chi connectivity index (χ0) is 11.3. The van der Waals surface area contributed by atoms with Crippen molar-refractivity contribution in [3.05, 3.63) is 27.7 Å². The highest BCUT2D eigenvalue weighted by Crippen LogP contribution is 2.29. The average Bonchev–Trinajstić information content (AvgIpc) is 2.18. The van der Waals surface area contributed by atoms with Crippen LogP contribution in [0.25, 0.3) is 0 Å². The molecule has 0 saturated carbocycles. The van der Waals surface area contributed by atoms with Crippen LogP contribution in [0, 0.1) is 0 Å². The van der Waals surface area contributed by atoms with Crippen LogP contribution >= 0.6 is 15.9 Å². The summed E-state index contributed by atoms with van der Waals surface area (Å²) in [6.07, 6.45) is 1.21. The first-order chi connectivity index (χ1) is 7.22. The summed E-state index contributed by atoms with van der Waals surface area (Å²) in [6.45, 7) is 0.467. The van der Waals surface area contributed by atoms with Gasteiger partial charge in [0.25, 0.3) is 0 Å². The molecule has 0 aliphatic rings. The number of carbonyl (C=O) groups excluding carboxylic acids is 1. The second-order valence-electron chi connectivity index (χ2n) is 3.06. The molecule has 15 heavy (non-hydrogen) atoms. The Morgan fingerprint density at radius 1 is 1.33 bits per heavy atom. The molecule has 3 nitrogen and oxygen atoms in total. The van der Waals surface area contributed by atoms with Gasteiger partial charge in [-0.2, -0.15) is 0 Å². The highest BCUT2D eigenvalue weighted by molar-refractivity contribution is 9.10. The van der Waals surface area contributed by atoms with Crippen LogP contribution in [0.1, 0.15) is 11.1 Å². The summed E-state index contributed by atoms with van der Waals surface area (Å²) < 4.78 is 11.3. The van der Waals surface area contributed by atoms with Gasteiger partial charge in [0, 0.05) is 29.1 Å². The van der Waals surface area contributed by atoms with Crippen molar-refractivity contribution in [3.8, 4) is 5.75 Å². The SMILES string of the molecule is COCc1cc(Br)cc(CC=O)c1OC. The molecule has 0 aliphatic carbocycles. The highest BCUT2D eigenvalue weighted by Gasteiger charge is 2.10. The van der Waals surface area contributed by atoms with Gasteiger partial charge in [0.05, 0.1) is 13.7 Å². The van der Waals surface area contributed by atoms with E-state index in [9.17, 15) is 4.79 Å². The number of benzene rings is 1. The monoisotopic (exact) mass is 272 g/mol. The average molecular weight is 273 g/mol. The minimum atomic E-state index is 0.347. The number of halogens is 1. The fraction of sp³-hybridized carbons (Fsp3) is 0.364. The van der Waals surface area contributed by atoms with Crippen molar-refractivity contribution in [1.82, 2.24) is 0 Å². The quantitative estimate of drug-likeness (QED) is 0.772. The molecule has 0 saturated heterocycles. The van der Waals surface area contributed by atoms with Crippen molar-refractivity contribution in [2.45, 2.75) is 13.0 Å². The molecular weight excluding hydrogens is 260 g/mol. The maximum atomic E-state index is 10.5. The van der Waals surface area contributed by atoms with E-state index in [0.717, 1.165) is 27.6 Å². The number of ether oxygens (including phenoxy) is 2. The molecule has 0 heterocycles. The van der Waals surface area contributed by atoms with Gasteiger partial charge in [-0.15, -0.1) is 0 Å². The van der Waals surface area contributed by atoms with Gasteiger partial charge in [0.2, 0.25) is 0 Å². The Bertz CT molecular complexity index is 350. The first kappa shape index (κ1) is 12.2. The number of methoxy groups -OCH3 is 2. The molecule has 1 aromatic rings. The van der Waals surface area contributed by atoms with Crippen LogP contribution < -0.4 is 4.74 Å². The largest absolute Gasteiger partial charge is 0.496 e. The molecular formula is C11H13BrO3. The summed E-state index contributed by atoms with van der Waals surface area (Å²) in [7, 11) is 3.22. The smallest absolute Gasteiger partial charge is 0.128 e. The van der Waals surface area contributed by atoms with Crippen LogP contribution in [0.3, 0.4) is 0 Å². The van der Waals surface area contributed by atoms with Crippen molar-refractivity contribution >= 4 is 22.2 Å². The summed E-state index contributed by atoms with van der Waals surface area (Å²) in [5, 5.41) is 0. The Labute approximate surface area is 97.5 Å². The zero-order valence-electron chi connectivity index (χ0n) is 8.75. The Morgan fingerprint density at radius 2 is 2.00 bits per heavy atom. The summed E-state index contributed by atoms with van der Waals surface area (Å²) in [6, 6.07) is 3.81. The molecule has 4 heteroatoms. The Balaban J connectivity index is 3.18. The van der Waals surface area contributed by atoms with E-state index in [1.165, 1.54) is 0 Å². The van der Waals surface area contributed by atoms with E-state index >= 15 is 0 Å². The van der Waals surface area contributed by atoms with Crippen molar-refractivity contribution in [1.29, 1.82) is 0 Å². The van der Waals surface area contributed by atoms with Crippen LogP contribution in [0.15, 0.2) is 16.6 Å². The molecule has 82 valence electrons. The Kier molecular flexibility index (Phi) is 4.78. The first-order valence-electron chi connectivity index (χ1n) is 4.50. The first-order valence-corrected chi connectivity index (χ1v) is 5.30. The second kappa shape index (κ2) is 5.88. The molecule has 0 bridgehead atoms. The molecule has 0 radical (unpaired) electrons. The summed E-state index contributed by atoms with van der Waals surface area (Å²) >= 11 is 3.39. The normalized spacial score (nSPS) is 10.1. The molecule has 0 unspecified atom stereocenters. The topological polar surface area (TPSA) is 35.5 Å². The Hall–Kier alpha value is -0.870. The van der Waals surface area contributed by atoms with E-state index < -0.39 is 0 Å². The lowest BCUT2D eigenvalue weighted by atomic mass is 10.1. The van der Waals surface area contributed by atoms with E-state index in [1.807, 2.05) is 12.1 Å². The molecule has 0 aliphatic heterocycles. The van der Waals surface area contributed by atoms with Gasteiger partial charge in [-0.25, -0.2) is 0 Å². The summed E-state index contributed by atoms with van der Waals surface area (Å²) in [5.41, 5.74) is 1.81. The van der Waals surface area contributed by atoms with Crippen LogP contribution in [0.2, 0.25) is 0 Å². The third-order valence-corrected chi connectivity index (χ3v) is 2.47. The zero-order valence-corrected chi connectivity index (χ0v) is 10.3. The summed E-state index contributed by atoms with van der Waals surface area (Å²) in [4.78, 5) is 10.5. The van der Waals surface area contributed by atoms with Gasteiger partial charge >= 0.3 is 0 Å². The number of hydrogen-bond acceptors (Lipinski definition) is 3. The highest BCUT2D eigenvalue weighted by atomic mass is 79.9. The number of carbonyl (C=O) groups is 1. The predicted octanol–water partition coefficient (Wildman–Crippen LogP) is 2.35. The van der Waals surface area contributed by atoms with Gasteiger partial charge < -0.3 is 14.3 Å². The fourth-order valence-electron chi connectivity index (χ4n) is 1.48. The van der Waals surface area contributed by atoms with E-state index in [-0.39, 0.29) is 0 Å². The number of rotatable bonds is 5. The lowest BCUT2D eigenvalue weighted by Gasteiger charge is -2.12. The van der Waals surface area contributed by atoms with E-state index in [2.05, 4.69) is 15.9 Å². The maximum Gasteiger partial charge on any atom is 0.128 e. The molecule has 0 N–H and O–H groups in total. The van der Waals surface area contributed by atoms with Gasteiger partial charge in [0.1, 0.15) is 12.0 Å². The number of aldehydes is 1. The number of hydrogen-bond donors (Lipinski definition) is 0. The van der Waals surface area contributed by atoms with Crippen LogP contribution in [-0.4, -0.2) is 20.5 Å². The van der Waals surface area contributed by atoms with Crippen LogP contribution in [-0.2, 0) is 22.6 Å². The van der Waals surface area contributed by atoms with Crippen LogP contribution in [0.5, 0.6) is 5.75 Å². The second-order valence-corrected chi connectivity index (χ2v) is 3.98. The third-order valence-electron chi connectivity index (χ3n) is 2.01. The van der Waals surface area contributed by atoms with E-state index in [4.69, 9.17) is 9.47 Å². The van der Waals surface area contributed by atoms with Crippen molar-refractivity contribution < 1.29 is 14.3 Å². The molecule has 0 fully saturated rings. The van der Waals surface area contributed by atoms with Crippen molar-refractivity contribution in [2.75, 3.05) is 14.2 Å². The maximum absolute atomic E-state index is 10.5. The van der Waals surface area contributed by atoms with Gasteiger partial charge in [-0.3, -0.25) is 0 Å². The van der Waals surface area contributed by atoms with Gasteiger partial charge in [-0.1, -0.05) is 15.9 Å². The molecule has 0 amide bonds. The lowest BCUT2D eigenvalue weighted by Crippen LogP contribution is -1.99. The standard InChI is InChI=1S/C11H13BrO3/c1-14-7-9-6-10(12)5-8(3-4-13)11(9)15-2/h4-6H,3,7H2,1-2H3. The lowest BCUT2D eigenvalue weighted by molar-refractivity contribution is -0.107.